The fourth-order valence-corrected chi connectivity index (χ4v) is 1.07. The standard InChI is InChI=1S/C11H24N4O/c1-5-7-13-10(12)14-8-6-9(16)15-11(2,3)4/h5-8H2,1-4H3,(H,15,16)(H3,12,13,14). The van der Waals surface area contributed by atoms with Gasteiger partial charge in [-0.3, -0.25) is 9.79 Å². The second-order valence-electron chi connectivity index (χ2n) is 4.74. The summed E-state index contributed by atoms with van der Waals surface area (Å²) in [6, 6.07) is 0. The minimum absolute atomic E-state index is 0.0169. The molecule has 0 aliphatic rings. The number of nitrogens with one attached hydrogen (secondary N) is 2. The van der Waals surface area contributed by atoms with Crippen LogP contribution in [0.25, 0.3) is 0 Å². The van der Waals surface area contributed by atoms with Gasteiger partial charge in [0.15, 0.2) is 5.96 Å². The first kappa shape index (κ1) is 14.7. The van der Waals surface area contributed by atoms with E-state index in [2.05, 4.69) is 15.6 Å². The first-order chi connectivity index (χ1) is 7.35. The van der Waals surface area contributed by atoms with Gasteiger partial charge in [-0.1, -0.05) is 6.92 Å². The van der Waals surface area contributed by atoms with Gasteiger partial charge < -0.3 is 16.4 Å². The molecule has 0 spiro atoms. The molecule has 0 unspecified atom stereocenters. The average molecular weight is 228 g/mol. The van der Waals surface area contributed by atoms with Crippen LogP contribution in [0.15, 0.2) is 4.99 Å². The van der Waals surface area contributed by atoms with E-state index in [1.165, 1.54) is 0 Å². The number of carbonyl (C=O) groups is 1. The molecule has 4 N–H and O–H groups in total. The molecular weight excluding hydrogens is 204 g/mol. The highest BCUT2D eigenvalue weighted by molar-refractivity contribution is 5.80. The molecule has 0 aromatic rings. The minimum atomic E-state index is -0.182. The van der Waals surface area contributed by atoms with Crippen LogP contribution in [-0.2, 0) is 4.79 Å². The number of amides is 1. The third-order valence-electron chi connectivity index (χ3n) is 1.68. The number of guanidine groups is 1. The summed E-state index contributed by atoms with van der Waals surface area (Å²) in [6.07, 6.45) is 1.37. The maximum absolute atomic E-state index is 11.4. The molecule has 0 aliphatic heterocycles. The van der Waals surface area contributed by atoms with Gasteiger partial charge in [0.25, 0.3) is 0 Å². The predicted molar refractivity (Wildman–Crippen MR) is 67.3 cm³/mol. The van der Waals surface area contributed by atoms with Gasteiger partial charge in [-0.05, 0) is 27.2 Å². The molecule has 0 rings (SSSR count). The predicted octanol–water partition coefficient (Wildman–Crippen LogP) is 0.606. The van der Waals surface area contributed by atoms with Crippen molar-refractivity contribution < 1.29 is 4.79 Å². The zero-order valence-corrected chi connectivity index (χ0v) is 10.8. The van der Waals surface area contributed by atoms with Gasteiger partial charge in [-0.2, -0.15) is 0 Å². The Kier molecular flexibility index (Phi) is 6.53. The summed E-state index contributed by atoms with van der Waals surface area (Å²) in [5.74, 6) is 0.425. The summed E-state index contributed by atoms with van der Waals surface area (Å²) >= 11 is 0. The SMILES string of the molecule is CCCN=C(N)NCCC(=O)NC(C)(C)C. The first-order valence-corrected chi connectivity index (χ1v) is 5.70. The third-order valence-corrected chi connectivity index (χ3v) is 1.68. The molecule has 0 bridgehead atoms. The molecule has 0 aromatic carbocycles. The van der Waals surface area contributed by atoms with Crippen molar-refractivity contribution in [1.29, 1.82) is 0 Å². The van der Waals surface area contributed by atoms with Crippen molar-refractivity contribution in [2.45, 2.75) is 46.1 Å². The highest BCUT2D eigenvalue weighted by Crippen LogP contribution is 1.98. The fraction of sp³-hybridized carbons (Fsp3) is 0.818. The molecule has 0 saturated heterocycles. The first-order valence-electron chi connectivity index (χ1n) is 5.70. The van der Waals surface area contributed by atoms with E-state index in [4.69, 9.17) is 5.73 Å². The Morgan fingerprint density at radius 3 is 2.50 bits per heavy atom. The molecule has 0 atom stereocenters. The zero-order valence-electron chi connectivity index (χ0n) is 10.8. The second-order valence-corrected chi connectivity index (χ2v) is 4.74. The van der Waals surface area contributed by atoms with Gasteiger partial charge in [0.2, 0.25) is 5.91 Å². The zero-order chi connectivity index (χ0) is 12.6. The Morgan fingerprint density at radius 2 is 2.00 bits per heavy atom. The molecule has 0 saturated carbocycles. The smallest absolute Gasteiger partial charge is 0.222 e. The van der Waals surface area contributed by atoms with Crippen molar-refractivity contribution in [3.8, 4) is 0 Å². The molecular formula is C11H24N4O. The number of aliphatic imine (C=N–C) groups is 1. The number of rotatable bonds is 5. The van der Waals surface area contributed by atoms with Crippen LogP contribution in [0.1, 0.15) is 40.5 Å². The average Bonchev–Trinajstić information content (AvgIpc) is 2.11. The maximum atomic E-state index is 11.4. The summed E-state index contributed by atoms with van der Waals surface area (Å²) in [4.78, 5) is 15.5. The van der Waals surface area contributed by atoms with Crippen molar-refractivity contribution in [2.24, 2.45) is 10.7 Å². The summed E-state index contributed by atoms with van der Waals surface area (Å²) < 4.78 is 0. The Balaban J connectivity index is 3.70. The Labute approximate surface area is 97.9 Å². The molecule has 5 heteroatoms. The lowest BCUT2D eigenvalue weighted by atomic mass is 10.1. The normalized spacial score (nSPS) is 12.4. The van der Waals surface area contributed by atoms with Gasteiger partial charge in [0.1, 0.15) is 0 Å². The topological polar surface area (TPSA) is 79.5 Å². The Bertz CT molecular complexity index is 243. The summed E-state index contributed by atoms with van der Waals surface area (Å²) in [6.45, 7) is 9.13. The van der Waals surface area contributed by atoms with E-state index in [-0.39, 0.29) is 11.4 Å². The molecule has 0 aromatic heterocycles. The number of hydrogen-bond donors (Lipinski definition) is 3. The lowest BCUT2D eigenvalue weighted by Crippen LogP contribution is -2.42. The number of nitrogens with zero attached hydrogens (tertiary/aromatic N) is 1. The van der Waals surface area contributed by atoms with Crippen LogP contribution in [0.4, 0.5) is 0 Å². The lowest BCUT2D eigenvalue weighted by molar-refractivity contribution is -0.122. The minimum Gasteiger partial charge on any atom is -0.370 e. The quantitative estimate of drug-likeness (QED) is 0.476. The van der Waals surface area contributed by atoms with Crippen LogP contribution in [0.3, 0.4) is 0 Å². The molecule has 1 amide bonds. The van der Waals surface area contributed by atoms with Crippen molar-refractivity contribution >= 4 is 11.9 Å². The highest BCUT2D eigenvalue weighted by Gasteiger charge is 2.12. The van der Waals surface area contributed by atoms with Crippen molar-refractivity contribution in [3.63, 3.8) is 0 Å². The van der Waals surface area contributed by atoms with Gasteiger partial charge >= 0.3 is 0 Å². The van der Waals surface area contributed by atoms with Crippen LogP contribution >= 0.6 is 0 Å². The van der Waals surface area contributed by atoms with Gasteiger partial charge in [-0.15, -0.1) is 0 Å². The molecule has 5 nitrogen and oxygen atoms in total. The number of carbonyl (C=O) groups excluding carboxylic acids is 1. The van der Waals surface area contributed by atoms with E-state index in [0.29, 0.717) is 25.5 Å². The fourth-order valence-electron chi connectivity index (χ4n) is 1.07. The molecule has 0 fully saturated rings. The van der Waals surface area contributed by atoms with E-state index in [1.807, 2.05) is 27.7 Å². The number of nitrogens with two attached hydrogens (primary N) is 1. The molecule has 0 aliphatic carbocycles. The van der Waals surface area contributed by atoms with Crippen molar-refractivity contribution in [3.05, 3.63) is 0 Å². The Hall–Kier alpha value is -1.26. The molecule has 94 valence electrons. The van der Waals surface area contributed by atoms with Crippen LogP contribution in [0, 0.1) is 0 Å². The largest absolute Gasteiger partial charge is 0.370 e. The van der Waals surface area contributed by atoms with Crippen molar-refractivity contribution in [1.82, 2.24) is 10.6 Å². The van der Waals surface area contributed by atoms with E-state index >= 15 is 0 Å². The van der Waals surface area contributed by atoms with Gasteiger partial charge in [0, 0.05) is 25.0 Å². The van der Waals surface area contributed by atoms with Crippen LogP contribution in [0.2, 0.25) is 0 Å². The maximum Gasteiger partial charge on any atom is 0.222 e. The summed E-state index contributed by atoms with van der Waals surface area (Å²) in [5.41, 5.74) is 5.40. The van der Waals surface area contributed by atoms with Gasteiger partial charge in [0.05, 0.1) is 0 Å². The molecule has 16 heavy (non-hydrogen) atoms. The summed E-state index contributed by atoms with van der Waals surface area (Å²) in [7, 11) is 0. The summed E-state index contributed by atoms with van der Waals surface area (Å²) in [5, 5.41) is 5.78. The van der Waals surface area contributed by atoms with Crippen molar-refractivity contribution in [2.75, 3.05) is 13.1 Å². The van der Waals surface area contributed by atoms with Crippen LogP contribution in [-0.4, -0.2) is 30.5 Å². The second kappa shape index (κ2) is 7.09. The number of hydrogen-bond acceptors (Lipinski definition) is 2. The van der Waals surface area contributed by atoms with Gasteiger partial charge in [-0.25, -0.2) is 0 Å². The van der Waals surface area contributed by atoms with Crippen LogP contribution < -0.4 is 16.4 Å². The lowest BCUT2D eigenvalue weighted by Gasteiger charge is -2.20. The Morgan fingerprint density at radius 1 is 1.38 bits per heavy atom. The third kappa shape index (κ3) is 9.30. The van der Waals surface area contributed by atoms with E-state index < -0.39 is 0 Å². The van der Waals surface area contributed by atoms with Crippen LogP contribution in [0.5, 0.6) is 0 Å². The van der Waals surface area contributed by atoms with E-state index in [9.17, 15) is 4.79 Å². The molecule has 0 radical (unpaired) electrons. The van der Waals surface area contributed by atoms with E-state index in [1.54, 1.807) is 0 Å². The highest BCUT2D eigenvalue weighted by atomic mass is 16.1. The monoisotopic (exact) mass is 228 g/mol. The molecule has 0 heterocycles. The van der Waals surface area contributed by atoms with E-state index in [0.717, 1.165) is 6.42 Å².